The van der Waals surface area contributed by atoms with Gasteiger partial charge in [0.25, 0.3) is 0 Å². The topological polar surface area (TPSA) is 35.6 Å². The second kappa shape index (κ2) is 8.53. The molecule has 4 nitrogen and oxygen atoms in total. The summed E-state index contributed by atoms with van der Waals surface area (Å²) in [5.41, 5.74) is -6.80. The predicted molar refractivity (Wildman–Crippen MR) is 140 cm³/mol. The zero-order chi connectivity index (χ0) is 32.9. The Labute approximate surface area is 247 Å². The van der Waals surface area contributed by atoms with E-state index >= 15 is 0 Å². The van der Waals surface area contributed by atoms with E-state index in [0.29, 0.717) is 34.0 Å². The first-order chi connectivity index (χ1) is 21.3. The van der Waals surface area contributed by atoms with Crippen molar-refractivity contribution in [2.75, 3.05) is 0 Å². The van der Waals surface area contributed by atoms with Crippen LogP contribution in [0, 0.1) is 0 Å². The summed E-state index contributed by atoms with van der Waals surface area (Å²) < 4.78 is 168. The quantitative estimate of drug-likeness (QED) is 0.153. The molecule has 2 aliphatic heterocycles. The zero-order valence-electron chi connectivity index (χ0n) is 22.4. The minimum atomic E-state index is -5.16. The van der Waals surface area contributed by atoms with Gasteiger partial charge in [0, 0.05) is 11.1 Å². The van der Waals surface area contributed by atoms with Crippen molar-refractivity contribution in [3.8, 4) is 22.8 Å². The fourth-order valence-electron chi connectivity index (χ4n) is 6.55. The van der Waals surface area contributed by atoms with Crippen molar-refractivity contribution in [1.29, 1.82) is 0 Å². The molecular formula is C30H12F12N4. The van der Waals surface area contributed by atoms with Gasteiger partial charge in [-0.3, -0.25) is 0 Å². The lowest BCUT2D eigenvalue weighted by Gasteiger charge is -2.26. The monoisotopic (exact) mass is 656 g/mol. The molecule has 0 saturated carbocycles. The average molecular weight is 656 g/mol. The van der Waals surface area contributed by atoms with Crippen LogP contribution in [0.1, 0.15) is 33.4 Å². The SMILES string of the molecule is FC(F)(F)c1cc(C(F)(F)F)c2nc3n(c2c1)Cc1ccc2c4c(ccc-3c14)Cn1c-2nc2c(C(F)(F)F)cc(C(F)(F)F)cc21. The van der Waals surface area contributed by atoms with E-state index in [1.807, 2.05) is 0 Å². The van der Waals surface area contributed by atoms with Gasteiger partial charge in [0.15, 0.2) is 0 Å². The molecule has 0 amide bonds. The maximum atomic E-state index is 14.0. The molecule has 4 heterocycles. The van der Waals surface area contributed by atoms with E-state index < -0.39 is 69.0 Å². The summed E-state index contributed by atoms with van der Waals surface area (Å²) in [7, 11) is 0. The molecule has 0 atom stereocenters. The van der Waals surface area contributed by atoms with E-state index in [1.54, 1.807) is 0 Å². The molecule has 0 radical (unpaired) electrons. The van der Waals surface area contributed by atoms with Gasteiger partial charge in [0.1, 0.15) is 22.7 Å². The Hall–Kier alpha value is -4.76. The Morgan fingerprint density at radius 3 is 1.17 bits per heavy atom. The van der Waals surface area contributed by atoms with Gasteiger partial charge < -0.3 is 9.13 Å². The fourth-order valence-corrected chi connectivity index (χ4v) is 6.55. The Bertz CT molecular complexity index is 2150. The van der Waals surface area contributed by atoms with E-state index in [4.69, 9.17) is 0 Å². The summed E-state index contributed by atoms with van der Waals surface area (Å²) >= 11 is 0. The highest BCUT2D eigenvalue weighted by atomic mass is 19.4. The van der Waals surface area contributed by atoms with Gasteiger partial charge in [-0.1, -0.05) is 24.3 Å². The minimum Gasteiger partial charge on any atom is -0.319 e. The Morgan fingerprint density at radius 1 is 0.478 bits per heavy atom. The Kier molecular flexibility index (Phi) is 5.32. The van der Waals surface area contributed by atoms with E-state index in [2.05, 4.69) is 9.97 Å². The van der Waals surface area contributed by atoms with Gasteiger partial charge >= 0.3 is 24.7 Å². The molecule has 2 aromatic heterocycles. The molecule has 236 valence electrons. The van der Waals surface area contributed by atoms with Gasteiger partial charge in [0.2, 0.25) is 0 Å². The first-order valence-corrected chi connectivity index (χ1v) is 13.3. The van der Waals surface area contributed by atoms with Gasteiger partial charge in [-0.2, -0.15) is 52.7 Å². The van der Waals surface area contributed by atoms with E-state index in [1.165, 1.54) is 33.4 Å². The summed E-state index contributed by atoms with van der Waals surface area (Å²) in [6, 6.07) is 7.20. The van der Waals surface area contributed by atoms with Gasteiger partial charge in [-0.25, -0.2) is 9.97 Å². The van der Waals surface area contributed by atoms with Crippen molar-refractivity contribution in [3.63, 3.8) is 0 Å². The highest BCUT2D eigenvalue weighted by Crippen LogP contribution is 2.49. The van der Waals surface area contributed by atoms with E-state index in [-0.39, 0.29) is 48.0 Å². The molecule has 0 saturated heterocycles. The van der Waals surface area contributed by atoms with Crippen LogP contribution in [-0.2, 0) is 37.8 Å². The standard InChI is InChI=1S/C30H12F12N4/c31-27(32,33)13-5-17(29(37,38)39)23-19(7-13)45-9-11-1-3-15-22-12(2-4-16(21(11)22)26(45)44-23)10-46-20-8-14(28(34,35)36)6-18(30(40,41)42)24(20)43-25(15)46/h1-8H,9-10H2. The highest BCUT2D eigenvalue weighted by Gasteiger charge is 2.42. The van der Waals surface area contributed by atoms with Crippen LogP contribution in [0.25, 0.3) is 55.6 Å². The summed E-state index contributed by atoms with van der Waals surface area (Å²) in [6.07, 6.45) is -20.5. The second-order valence-corrected chi connectivity index (χ2v) is 11.1. The molecule has 46 heavy (non-hydrogen) atoms. The number of fused-ring (bicyclic) bond motifs is 8. The second-order valence-electron chi connectivity index (χ2n) is 11.1. The molecule has 6 aromatic rings. The average Bonchev–Trinajstić information content (AvgIpc) is 3.50. The van der Waals surface area contributed by atoms with Crippen LogP contribution in [0.15, 0.2) is 48.5 Å². The Morgan fingerprint density at radius 2 is 0.848 bits per heavy atom. The lowest BCUT2D eigenvalue weighted by Crippen LogP contribution is -2.15. The number of imidazole rings is 2. The molecule has 16 heteroatoms. The number of rotatable bonds is 0. The third kappa shape index (κ3) is 3.90. The minimum absolute atomic E-state index is 0.00745. The lowest BCUT2D eigenvalue weighted by atomic mass is 9.88. The largest absolute Gasteiger partial charge is 0.418 e. The molecule has 8 rings (SSSR count). The van der Waals surface area contributed by atoms with Crippen molar-refractivity contribution in [2.24, 2.45) is 0 Å². The van der Waals surface area contributed by atoms with E-state index in [9.17, 15) is 52.7 Å². The molecule has 0 bridgehead atoms. The number of nitrogens with zero attached hydrogens (tertiary/aromatic N) is 4. The van der Waals surface area contributed by atoms with Crippen LogP contribution in [0.2, 0.25) is 0 Å². The summed E-state index contributed by atoms with van der Waals surface area (Å²) in [5.74, 6) is -0.103. The highest BCUT2D eigenvalue weighted by molar-refractivity contribution is 6.10. The molecule has 4 aromatic carbocycles. The first kappa shape index (κ1) is 28.7. The number of aromatic nitrogens is 4. The maximum Gasteiger partial charge on any atom is 0.418 e. The summed E-state index contributed by atoms with van der Waals surface area (Å²) in [5, 5.41) is 0.903. The molecule has 0 fully saturated rings. The summed E-state index contributed by atoms with van der Waals surface area (Å²) in [6.45, 7) is -0.359. The summed E-state index contributed by atoms with van der Waals surface area (Å²) in [4.78, 5) is 8.29. The maximum absolute atomic E-state index is 14.0. The van der Waals surface area contributed by atoms with Crippen molar-refractivity contribution >= 4 is 32.8 Å². The van der Waals surface area contributed by atoms with Gasteiger partial charge in [-0.15, -0.1) is 0 Å². The van der Waals surface area contributed by atoms with Crippen molar-refractivity contribution in [1.82, 2.24) is 19.1 Å². The molecule has 0 spiro atoms. The van der Waals surface area contributed by atoms with Crippen LogP contribution >= 0.6 is 0 Å². The van der Waals surface area contributed by atoms with E-state index in [0.717, 1.165) is 0 Å². The lowest BCUT2D eigenvalue weighted by molar-refractivity contribution is -0.143. The number of alkyl halides is 12. The molecule has 0 N–H and O–H groups in total. The molecule has 0 unspecified atom stereocenters. The number of hydrogen-bond donors (Lipinski definition) is 0. The van der Waals surface area contributed by atoms with Gasteiger partial charge in [0.05, 0.1) is 46.4 Å². The predicted octanol–water partition coefficient (Wildman–Crippen LogP) is 9.67. The van der Waals surface area contributed by atoms with Crippen LogP contribution < -0.4 is 0 Å². The van der Waals surface area contributed by atoms with Crippen molar-refractivity contribution in [3.05, 3.63) is 81.9 Å². The normalized spacial score (nSPS) is 14.8. The number of halogens is 12. The molecule has 2 aliphatic rings. The Balaban J connectivity index is 1.40. The number of benzene rings is 4. The van der Waals surface area contributed by atoms with Crippen LogP contribution in [0.3, 0.4) is 0 Å². The van der Waals surface area contributed by atoms with Crippen LogP contribution in [0.5, 0.6) is 0 Å². The third-order valence-corrected chi connectivity index (χ3v) is 8.45. The van der Waals surface area contributed by atoms with Crippen molar-refractivity contribution < 1.29 is 52.7 Å². The molecule has 0 aliphatic carbocycles. The third-order valence-electron chi connectivity index (χ3n) is 8.45. The smallest absolute Gasteiger partial charge is 0.319 e. The molecular weight excluding hydrogens is 644 g/mol. The fraction of sp³-hybridized carbons (Fsp3) is 0.200. The zero-order valence-corrected chi connectivity index (χ0v) is 22.4. The first-order valence-electron chi connectivity index (χ1n) is 13.3. The van der Waals surface area contributed by atoms with Gasteiger partial charge in [-0.05, 0) is 46.2 Å². The van der Waals surface area contributed by atoms with Crippen LogP contribution in [-0.4, -0.2) is 19.1 Å². The number of hydrogen-bond acceptors (Lipinski definition) is 2. The van der Waals surface area contributed by atoms with Crippen molar-refractivity contribution in [2.45, 2.75) is 37.8 Å². The van der Waals surface area contributed by atoms with Crippen LogP contribution in [0.4, 0.5) is 52.7 Å².